The average Bonchev–Trinajstić information content (AvgIpc) is 2.86. The molecule has 1 aliphatic heterocycles. The second-order valence-electron chi connectivity index (χ2n) is 8.06. The Hall–Kier alpha value is -3.83. The van der Waals surface area contributed by atoms with Gasteiger partial charge in [0.1, 0.15) is 22.3 Å². The highest BCUT2D eigenvalue weighted by molar-refractivity contribution is 7.89. The van der Waals surface area contributed by atoms with Gasteiger partial charge in [-0.1, -0.05) is 36.4 Å². The summed E-state index contributed by atoms with van der Waals surface area (Å²) in [6.07, 6.45) is 0.457. The van der Waals surface area contributed by atoms with Crippen molar-refractivity contribution in [2.45, 2.75) is 17.4 Å². The topological polar surface area (TPSA) is 113 Å². The van der Waals surface area contributed by atoms with Crippen molar-refractivity contribution < 1.29 is 36.6 Å². The van der Waals surface area contributed by atoms with Gasteiger partial charge in [0.15, 0.2) is 6.61 Å². The number of carbonyl (C=O) groups excluding carboxylic acids is 1. The fourth-order valence-electron chi connectivity index (χ4n) is 4.17. The first-order valence-electron chi connectivity index (χ1n) is 10.9. The SMILES string of the molecule is O=C(O)COc1ccc(F)cc1C1c2ccccc2CCN1C(=O)CNS(=O)(=O)c1ccccc1F. The van der Waals surface area contributed by atoms with Crippen LogP contribution >= 0.6 is 0 Å². The fraction of sp³-hybridized carbons (Fsp3) is 0.200. The molecule has 3 aromatic carbocycles. The number of carbonyl (C=O) groups is 2. The number of carboxylic acid groups (broad SMARTS) is 1. The Balaban J connectivity index is 1.68. The van der Waals surface area contributed by atoms with Crippen LogP contribution < -0.4 is 9.46 Å². The van der Waals surface area contributed by atoms with Gasteiger partial charge in [-0.3, -0.25) is 4.79 Å². The Morgan fingerprint density at radius 1 is 1.03 bits per heavy atom. The van der Waals surface area contributed by atoms with Crippen LogP contribution in [0.25, 0.3) is 0 Å². The molecule has 3 aromatic rings. The summed E-state index contributed by atoms with van der Waals surface area (Å²) < 4.78 is 61.0. The lowest BCUT2D eigenvalue weighted by Gasteiger charge is -2.38. The van der Waals surface area contributed by atoms with Crippen molar-refractivity contribution >= 4 is 21.9 Å². The number of fused-ring (bicyclic) bond motifs is 1. The summed E-state index contributed by atoms with van der Waals surface area (Å²) >= 11 is 0. The molecule has 1 heterocycles. The van der Waals surface area contributed by atoms with Crippen molar-refractivity contribution in [1.29, 1.82) is 0 Å². The summed E-state index contributed by atoms with van der Waals surface area (Å²) in [5, 5.41) is 9.03. The van der Waals surface area contributed by atoms with Crippen molar-refractivity contribution in [2.24, 2.45) is 0 Å². The van der Waals surface area contributed by atoms with E-state index in [0.29, 0.717) is 12.0 Å². The Morgan fingerprint density at radius 2 is 1.75 bits per heavy atom. The van der Waals surface area contributed by atoms with E-state index in [-0.39, 0.29) is 17.9 Å². The maximum Gasteiger partial charge on any atom is 0.341 e. The van der Waals surface area contributed by atoms with Gasteiger partial charge in [0, 0.05) is 12.1 Å². The van der Waals surface area contributed by atoms with Gasteiger partial charge in [-0.05, 0) is 47.9 Å². The normalized spacial score (nSPS) is 15.3. The molecule has 0 aliphatic carbocycles. The molecule has 0 fully saturated rings. The third-order valence-corrected chi connectivity index (χ3v) is 7.20. The molecule has 2 N–H and O–H groups in total. The molecule has 8 nitrogen and oxygen atoms in total. The summed E-state index contributed by atoms with van der Waals surface area (Å²) in [4.78, 5) is 25.1. The lowest BCUT2D eigenvalue weighted by atomic mass is 9.87. The zero-order valence-electron chi connectivity index (χ0n) is 18.9. The third-order valence-electron chi connectivity index (χ3n) is 5.76. The van der Waals surface area contributed by atoms with Gasteiger partial charge in [0.2, 0.25) is 15.9 Å². The number of rotatable bonds is 8. The molecule has 0 radical (unpaired) electrons. The quantitative estimate of drug-likeness (QED) is 0.476. The predicted octanol–water partition coefficient (Wildman–Crippen LogP) is 2.88. The molecule has 1 unspecified atom stereocenters. The molecule has 1 amide bonds. The second kappa shape index (κ2) is 10.4. The molecule has 36 heavy (non-hydrogen) atoms. The number of halogens is 2. The van der Waals surface area contributed by atoms with Gasteiger partial charge < -0.3 is 14.7 Å². The van der Waals surface area contributed by atoms with Gasteiger partial charge in [0.25, 0.3) is 0 Å². The highest BCUT2D eigenvalue weighted by atomic mass is 32.2. The van der Waals surface area contributed by atoms with E-state index in [4.69, 9.17) is 9.84 Å². The van der Waals surface area contributed by atoms with E-state index < -0.39 is 57.6 Å². The van der Waals surface area contributed by atoms with Crippen molar-refractivity contribution in [3.05, 3.63) is 95.1 Å². The molecule has 188 valence electrons. The molecule has 0 saturated carbocycles. The van der Waals surface area contributed by atoms with Crippen LogP contribution in [0.5, 0.6) is 5.75 Å². The lowest BCUT2D eigenvalue weighted by Crippen LogP contribution is -2.45. The maximum atomic E-state index is 14.3. The zero-order chi connectivity index (χ0) is 25.9. The summed E-state index contributed by atoms with van der Waals surface area (Å²) in [5.41, 5.74) is 1.78. The van der Waals surface area contributed by atoms with Crippen LogP contribution in [0.15, 0.2) is 71.6 Å². The number of amides is 1. The Labute approximate surface area is 206 Å². The molecule has 11 heteroatoms. The standard InChI is InChI=1S/C25H22F2N2O6S/c26-17-9-10-21(35-15-24(31)32)19(13-17)25-18-6-2-1-5-16(18)11-12-29(25)23(30)14-28-36(33,34)22-8-4-3-7-20(22)27/h1-10,13,25,28H,11-12,14-15H2,(H,31,32). The highest BCUT2D eigenvalue weighted by Gasteiger charge is 2.34. The van der Waals surface area contributed by atoms with E-state index >= 15 is 0 Å². The molecular weight excluding hydrogens is 494 g/mol. The summed E-state index contributed by atoms with van der Waals surface area (Å²) in [6, 6.07) is 14.7. The number of ether oxygens (including phenoxy) is 1. The van der Waals surface area contributed by atoms with Crippen LogP contribution in [-0.4, -0.2) is 50.0 Å². The van der Waals surface area contributed by atoms with Gasteiger partial charge in [-0.2, -0.15) is 0 Å². The lowest BCUT2D eigenvalue weighted by molar-refractivity contribution is -0.139. The monoisotopic (exact) mass is 516 g/mol. The molecule has 0 spiro atoms. The van der Waals surface area contributed by atoms with Crippen molar-refractivity contribution in [1.82, 2.24) is 9.62 Å². The molecule has 0 aromatic heterocycles. The van der Waals surface area contributed by atoms with Gasteiger partial charge >= 0.3 is 5.97 Å². The van der Waals surface area contributed by atoms with Crippen LogP contribution in [-0.2, 0) is 26.0 Å². The minimum Gasteiger partial charge on any atom is -0.482 e. The summed E-state index contributed by atoms with van der Waals surface area (Å²) in [7, 11) is -4.32. The first-order chi connectivity index (χ1) is 17.2. The number of aliphatic carboxylic acids is 1. The Kier molecular flexibility index (Phi) is 7.32. The van der Waals surface area contributed by atoms with Crippen LogP contribution in [0.2, 0.25) is 0 Å². The smallest absolute Gasteiger partial charge is 0.341 e. The summed E-state index contributed by atoms with van der Waals surface area (Å²) in [5.74, 6) is -3.37. The van der Waals surface area contributed by atoms with Crippen molar-refractivity contribution in [3.8, 4) is 5.75 Å². The average molecular weight is 517 g/mol. The van der Waals surface area contributed by atoms with Crippen molar-refractivity contribution in [2.75, 3.05) is 19.7 Å². The fourth-order valence-corrected chi connectivity index (χ4v) is 5.22. The van der Waals surface area contributed by atoms with Crippen LogP contribution in [0.4, 0.5) is 8.78 Å². The second-order valence-corrected chi connectivity index (χ2v) is 9.79. The van der Waals surface area contributed by atoms with E-state index in [0.717, 1.165) is 29.8 Å². The number of hydrogen-bond donors (Lipinski definition) is 2. The number of benzene rings is 3. The predicted molar refractivity (Wildman–Crippen MR) is 125 cm³/mol. The molecular formula is C25H22F2N2O6S. The number of sulfonamides is 1. The number of nitrogens with zero attached hydrogens (tertiary/aromatic N) is 1. The first-order valence-corrected chi connectivity index (χ1v) is 12.4. The van der Waals surface area contributed by atoms with E-state index in [9.17, 15) is 26.8 Å². The Morgan fingerprint density at radius 3 is 2.50 bits per heavy atom. The molecule has 0 bridgehead atoms. The maximum absolute atomic E-state index is 14.3. The molecule has 4 rings (SSSR count). The number of hydrogen-bond acceptors (Lipinski definition) is 5. The number of nitrogens with one attached hydrogen (secondary N) is 1. The summed E-state index contributed by atoms with van der Waals surface area (Å²) in [6.45, 7) is -1.17. The van der Waals surface area contributed by atoms with Crippen LogP contribution in [0.1, 0.15) is 22.7 Å². The van der Waals surface area contributed by atoms with Crippen LogP contribution in [0.3, 0.4) is 0 Å². The van der Waals surface area contributed by atoms with E-state index in [2.05, 4.69) is 4.72 Å². The molecule has 1 aliphatic rings. The Bertz CT molecular complexity index is 1410. The largest absolute Gasteiger partial charge is 0.482 e. The van der Waals surface area contributed by atoms with Crippen LogP contribution in [0, 0.1) is 11.6 Å². The van der Waals surface area contributed by atoms with Gasteiger partial charge in [-0.15, -0.1) is 0 Å². The third kappa shape index (κ3) is 5.37. The minimum atomic E-state index is -4.32. The van der Waals surface area contributed by atoms with E-state index in [1.54, 1.807) is 12.1 Å². The first kappa shape index (κ1) is 25.3. The molecule has 1 atom stereocenters. The van der Waals surface area contributed by atoms with Gasteiger partial charge in [0.05, 0.1) is 12.6 Å². The van der Waals surface area contributed by atoms with E-state index in [1.807, 2.05) is 12.1 Å². The zero-order valence-corrected chi connectivity index (χ0v) is 19.7. The van der Waals surface area contributed by atoms with E-state index in [1.165, 1.54) is 23.1 Å². The minimum absolute atomic E-state index is 0.0743. The van der Waals surface area contributed by atoms with Gasteiger partial charge in [-0.25, -0.2) is 26.7 Å². The highest BCUT2D eigenvalue weighted by Crippen LogP contribution is 2.39. The number of carboxylic acids is 1. The van der Waals surface area contributed by atoms with Crippen molar-refractivity contribution in [3.63, 3.8) is 0 Å². The molecule has 0 saturated heterocycles.